The third kappa shape index (κ3) is 7.05. The van der Waals surface area contributed by atoms with Crippen LogP contribution in [0, 0.1) is 6.92 Å². The Hall–Kier alpha value is -3.40. The topological polar surface area (TPSA) is 75.3 Å². The summed E-state index contributed by atoms with van der Waals surface area (Å²) in [6.07, 6.45) is 0. The summed E-state index contributed by atoms with van der Waals surface area (Å²) in [6.45, 7) is 2.04. The highest BCUT2D eigenvalue weighted by Crippen LogP contribution is 2.32. The van der Waals surface area contributed by atoms with Crippen molar-refractivity contribution in [2.45, 2.75) is 11.8 Å². The summed E-state index contributed by atoms with van der Waals surface area (Å²) in [5.41, 5.74) is 4.62. The molecule has 0 saturated heterocycles. The van der Waals surface area contributed by atoms with Crippen LogP contribution in [0.2, 0.25) is 0 Å². The summed E-state index contributed by atoms with van der Waals surface area (Å²) < 4.78 is 5.40. The molecule has 0 saturated carbocycles. The number of amides is 1. The Morgan fingerprint density at radius 3 is 2.57 bits per heavy atom. The number of thiazole rings is 1. The Bertz CT molecular complexity index is 1320. The van der Waals surface area contributed by atoms with E-state index in [1.54, 1.807) is 7.11 Å². The van der Waals surface area contributed by atoms with E-state index in [9.17, 15) is 4.79 Å². The number of benzene rings is 3. The van der Waals surface area contributed by atoms with Gasteiger partial charge in [0.05, 0.1) is 18.6 Å². The SMILES string of the molecule is COc1ccccc1-c1csc(NC(=O)CSc2cccc(NC(=S)Nc3ccc(C)cc3)c2)n1. The first-order chi connectivity index (χ1) is 17.0. The number of carbonyl (C=O) groups is 1. The van der Waals surface area contributed by atoms with Crippen LogP contribution in [0.4, 0.5) is 16.5 Å². The first-order valence-corrected chi connectivity index (χ1v) is 13.0. The van der Waals surface area contributed by atoms with Gasteiger partial charge in [-0.05, 0) is 61.6 Å². The van der Waals surface area contributed by atoms with Crippen molar-refractivity contribution in [2.24, 2.45) is 0 Å². The first-order valence-electron chi connectivity index (χ1n) is 10.8. The van der Waals surface area contributed by atoms with Crippen LogP contribution in [0.1, 0.15) is 5.56 Å². The minimum absolute atomic E-state index is 0.120. The van der Waals surface area contributed by atoms with Gasteiger partial charge in [-0.2, -0.15) is 0 Å². The lowest BCUT2D eigenvalue weighted by molar-refractivity contribution is -0.113. The molecule has 0 unspecified atom stereocenters. The smallest absolute Gasteiger partial charge is 0.236 e. The van der Waals surface area contributed by atoms with Gasteiger partial charge in [-0.15, -0.1) is 23.1 Å². The van der Waals surface area contributed by atoms with Crippen molar-refractivity contribution in [3.63, 3.8) is 0 Å². The third-order valence-corrected chi connectivity index (χ3v) is 6.86. The zero-order valence-corrected chi connectivity index (χ0v) is 21.7. The summed E-state index contributed by atoms with van der Waals surface area (Å²) in [6, 6.07) is 23.5. The lowest BCUT2D eigenvalue weighted by Gasteiger charge is -2.11. The molecule has 3 N–H and O–H groups in total. The molecular formula is C26H24N4O2S3. The number of para-hydroxylation sites is 1. The van der Waals surface area contributed by atoms with E-state index in [2.05, 4.69) is 20.9 Å². The quantitative estimate of drug-likeness (QED) is 0.177. The van der Waals surface area contributed by atoms with E-state index >= 15 is 0 Å². The predicted molar refractivity (Wildman–Crippen MR) is 151 cm³/mol. The molecule has 0 bridgehead atoms. The number of thiocarbonyl (C=S) groups is 1. The van der Waals surface area contributed by atoms with Gasteiger partial charge in [0.15, 0.2) is 10.2 Å². The largest absolute Gasteiger partial charge is 0.496 e. The van der Waals surface area contributed by atoms with E-state index in [0.29, 0.717) is 10.2 Å². The van der Waals surface area contributed by atoms with Crippen LogP contribution < -0.4 is 20.7 Å². The average molecular weight is 521 g/mol. The molecule has 1 aromatic heterocycles. The van der Waals surface area contributed by atoms with Gasteiger partial charge in [0.2, 0.25) is 5.91 Å². The van der Waals surface area contributed by atoms with Crippen LogP contribution in [0.15, 0.2) is 83.1 Å². The summed E-state index contributed by atoms with van der Waals surface area (Å²) in [7, 11) is 1.63. The number of rotatable bonds is 8. The number of nitrogens with one attached hydrogen (secondary N) is 3. The van der Waals surface area contributed by atoms with Crippen molar-refractivity contribution in [1.29, 1.82) is 0 Å². The van der Waals surface area contributed by atoms with E-state index in [1.165, 1.54) is 28.7 Å². The van der Waals surface area contributed by atoms with Crippen molar-refractivity contribution in [3.8, 4) is 17.0 Å². The number of hydrogen-bond acceptors (Lipinski definition) is 6. The predicted octanol–water partition coefficient (Wildman–Crippen LogP) is 6.67. The van der Waals surface area contributed by atoms with Gasteiger partial charge in [-0.3, -0.25) is 4.79 Å². The highest BCUT2D eigenvalue weighted by molar-refractivity contribution is 8.00. The van der Waals surface area contributed by atoms with Gasteiger partial charge < -0.3 is 20.7 Å². The second kappa shape index (κ2) is 11.8. The van der Waals surface area contributed by atoms with Crippen LogP contribution in [-0.4, -0.2) is 28.9 Å². The maximum atomic E-state index is 12.5. The van der Waals surface area contributed by atoms with Gasteiger partial charge in [0.1, 0.15) is 5.75 Å². The number of aromatic nitrogens is 1. The third-order valence-electron chi connectivity index (χ3n) is 4.90. The molecule has 0 aliphatic rings. The van der Waals surface area contributed by atoms with Crippen molar-refractivity contribution in [1.82, 2.24) is 4.98 Å². The molecule has 6 nitrogen and oxygen atoms in total. The van der Waals surface area contributed by atoms with Crippen molar-refractivity contribution < 1.29 is 9.53 Å². The number of methoxy groups -OCH3 is 1. The standard InChI is InChI=1S/C26H24N4O2S3/c1-17-10-12-18(13-11-17)27-25(33)28-19-6-5-7-20(14-19)34-16-24(31)30-26-29-22(15-35-26)21-8-3-4-9-23(21)32-2/h3-15H,16H2,1-2H3,(H2,27,28,33)(H,29,30,31). The average Bonchev–Trinajstić information content (AvgIpc) is 3.32. The molecule has 0 fully saturated rings. The number of aryl methyl sites for hydroxylation is 1. The van der Waals surface area contributed by atoms with E-state index in [1.807, 2.05) is 85.1 Å². The molecule has 0 spiro atoms. The van der Waals surface area contributed by atoms with Crippen molar-refractivity contribution in [3.05, 3.63) is 83.7 Å². The number of ether oxygens (including phenoxy) is 1. The van der Waals surface area contributed by atoms with Gasteiger partial charge in [0, 0.05) is 27.2 Å². The van der Waals surface area contributed by atoms with Crippen LogP contribution in [-0.2, 0) is 4.79 Å². The number of carbonyl (C=O) groups excluding carboxylic acids is 1. The fourth-order valence-electron chi connectivity index (χ4n) is 3.21. The van der Waals surface area contributed by atoms with E-state index in [0.717, 1.165) is 33.3 Å². The second-order valence-electron chi connectivity index (χ2n) is 7.55. The van der Waals surface area contributed by atoms with E-state index < -0.39 is 0 Å². The molecule has 35 heavy (non-hydrogen) atoms. The highest BCUT2D eigenvalue weighted by atomic mass is 32.2. The van der Waals surface area contributed by atoms with Crippen LogP contribution >= 0.6 is 35.3 Å². The summed E-state index contributed by atoms with van der Waals surface area (Å²) in [4.78, 5) is 18.0. The van der Waals surface area contributed by atoms with E-state index in [4.69, 9.17) is 17.0 Å². The summed E-state index contributed by atoms with van der Waals surface area (Å²) in [5.74, 6) is 0.887. The maximum Gasteiger partial charge on any atom is 0.236 e. The minimum Gasteiger partial charge on any atom is -0.496 e. The van der Waals surface area contributed by atoms with Crippen molar-refractivity contribution in [2.75, 3.05) is 28.8 Å². The fraction of sp³-hybridized carbons (Fsp3) is 0.115. The Balaban J connectivity index is 1.29. The highest BCUT2D eigenvalue weighted by Gasteiger charge is 2.12. The van der Waals surface area contributed by atoms with Crippen LogP contribution in [0.25, 0.3) is 11.3 Å². The van der Waals surface area contributed by atoms with Crippen molar-refractivity contribution >= 4 is 62.8 Å². The zero-order chi connectivity index (χ0) is 24.6. The number of nitrogens with zero attached hydrogens (tertiary/aromatic N) is 1. The molecule has 3 aromatic carbocycles. The summed E-state index contributed by atoms with van der Waals surface area (Å²) in [5, 5.41) is 12.2. The zero-order valence-electron chi connectivity index (χ0n) is 19.2. The Morgan fingerprint density at radius 1 is 1.00 bits per heavy atom. The molecule has 0 aliphatic heterocycles. The molecule has 4 rings (SSSR count). The Morgan fingerprint density at radius 2 is 1.77 bits per heavy atom. The molecule has 178 valence electrons. The Kier molecular flexibility index (Phi) is 8.36. The van der Waals surface area contributed by atoms with Gasteiger partial charge >= 0.3 is 0 Å². The molecule has 4 aromatic rings. The van der Waals surface area contributed by atoms with Crippen LogP contribution in [0.3, 0.4) is 0 Å². The number of anilines is 3. The lowest BCUT2D eigenvalue weighted by atomic mass is 10.1. The molecule has 0 aliphatic carbocycles. The van der Waals surface area contributed by atoms with Gasteiger partial charge in [-0.25, -0.2) is 4.98 Å². The maximum absolute atomic E-state index is 12.5. The second-order valence-corrected chi connectivity index (χ2v) is 9.86. The van der Waals surface area contributed by atoms with Gasteiger partial charge in [-0.1, -0.05) is 35.9 Å². The normalized spacial score (nSPS) is 10.5. The Labute approximate surface area is 218 Å². The van der Waals surface area contributed by atoms with Gasteiger partial charge in [0.25, 0.3) is 0 Å². The number of hydrogen-bond donors (Lipinski definition) is 3. The lowest BCUT2D eigenvalue weighted by Crippen LogP contribution is -2.19. The molecular weight excluding hydrogens is 497 g/mol. The number of thioether (sulfide) groups is 1. The molecule has 1 amide bonds. The molecule has 1 heterocycles. The molecule has 9 heteroatoms. The van der Waals surface area contributed by atoms with E-state index in [-0.39, 0.29) is 11.7 Å². The minimum atomic E-state index is -0.120. The monoisotopic (exact) mass is 520 g/mol. The van der Waals surface area contributed by atoms with Crippen LogP contribution in [0.5, 0.6) is 5.75 Å². The summed E-state index contributed by atoms with van der Waals surface area (Å²) >= 11 is 8.25. The molecule has 0 atom stereocenters. The fourth-order valence-corrected chi connectivity index (χ4v) is 4.93. The molecule has 0 radical (unpaired) electrons. The first kappa shape index (κ1) is 24.7.